The van der Waals surface area contributed by atoms with Crippen LogP contribution < -0.4 is 16.0 Å². The summed E-state index contributed by atoms with van der Waals surface area (Å²) < 4.78 is 0. The second kappa shape index (κ2) is 5.71. The Hall–Kier alpha value is -2.08. The summed E-state index contributed by atoms with van der Waals surface area (Å²) in [6.07, 6.45) is 5.28. The number of aromatic amines is 1. The minimum Gasteiger partial charge on any atom is -0.366 e. The topological polar surface area (TPSA) is 77.7 Å². The molecule has 2 rings (SSSR count). The van der Waals surface area contributed by atoms with Crippen molar-refractivity contribution in [3.8, 4) is 0 Å². The molecule has 2 aromatic heterocycles. The van der Waals surface area contributed by atoms with E-state index in [9.17, 15) is 0 Å². The number of rotatable bonds is 6. The summed E-state index contributed by atoms with van der Waals surface area (Å²) in [7, 11) is 1.93. The van der Waals surface area contributed by atoms with Gasteiger partial charge in [-0.2, -0.15) is 0 Å². The van der Waals surface area contributed by atoms with E-state index in [0.29, 0.717) is 0 Å². The molecule has 2 heterocycles. The predicted octanol–water partition coefficient (Wildman–Crippen LogP) is 1.96. The second-order valence-electron chi connectivity index (χ2n) is 5.05. The zero-order valence-electron chi connectivity index (χ0n) is 11.5. The van der Waals surface area contributed by atoms with Crippen LogP contribution in [0.15, 0.2) is 30.9 Å². The number of hydrogen-bond acceptors (Lipinski definition) is 5. The van der Waals surface area contributed by atoms with Crippen molar-refractivity contribution >= 4 is 17.3 Å². The Bertz CT molecular complexity index is 506. The molecular weight excluding hydrogens is 240 g/mol. The molecule has 0 aliphatic carbocycles. The van der Waals surface area contributed by atoms with E-state index in [2.05, 4.69) is 44.7 Å². The molecule has 102 valence electrons. The van der Waals surface area contributed by atoms with Gasteiger partial charge in [-0.25, -0.2) is 9.97 Å². The zero-order chi connectivity index (χ0) is 13.7. The van der Waals surface area contributed by atoms with E-state index in [4.69, 9.17) is 0 Å². The fraction of sp³-hybridized carbons (Fsp3) is 0.385. The summed E-state index contributed by atoms with van der Waals surface area (Å²) in [5.41, 5.74) is 0.896. The van der Waals surface area contributed by atoms with Crippen molar-refractivity contribution in [3.05, 3.63) is 30.9 Å². The third-order valence-corrected chi connectivity index (χ3v) is 2.62. The van der Waals surface area contributed by atoms with Crippen molar-refractivity contribution in [1.82, 2.24) is 20.3 Å². The first-order valence-electron chi connectivity index (χ1n) is 6.24. The first kappa shape index (κ1) is 13.4. The molecule has 0 saturated carbocycles. The number of hydrogen-bond donors (Lipinski definition) is 4. The Labute approximate surface area is 113 Å². The number of anilines is 3. The SMILES string of the molecule is CNCC(C)(C)Nc1cc(Nc2cc[nH]c2)ncn1. The van der Waals surface area contributed by atoms with Crippen LogP contribution in [-0.4, -0.2) is 34.1 Å². The van der Waals surface area contributed by atoms with Gasteiger partial charge in [0.1, 0.15) is 18.0 Å². The van der Waals surface area contributed by atoms with E-state index >= 15 is 0 Å². The molecule has 0 aliphatic heterocycles. The van der Waals surface area contributed by atoms with Gasteiger partial charge in [-0.3, -0.25) is 0 Å². The Balaban J connectivity index is 2.07. The third kappa shape index (κ3) is 3.96. The van der Waals surface area contributed by atoms with Gasteiger partial charge in [0.2, 0.25) is 0 Å². The van der Waals surface area contributed by atoms with Crippen LogP contribution in [0.5, 0.6) is 0 Å². The summed E-state index contributed by atoms with van der Waals surface area (Å²) in [5.74, 6) is 1.56. The molecule has 0 spiro atoms. The molecule has 0 aromatic carbocycles. The minimum absolute atomic E-state index is 0.0749. The molecule has 4 N–H and O–H groups in total. The molecule has 0 radical (unpaired) electrons. The van der Waals surface area contributed by atoms with Crippen molar-refractivity contribution in [1.29, 1.82) is 0 Å². The average Bonchev–Trinajstić information content (AvgIpc) is 2.81. The molecule has 2 aromatic rings. The molecule has 0 bridgehead atoms. The molecule has 0 fully saturated rings. The van der Waals surface area contributed by atoms with E-state index in [1.807, 2.05) is 31.6 Å². The van der Waals surface area contributed by atoms with E-state index in [1.54, 1.807) is 6.33 Å². The van der Waals surface area contributed by atoms with Crippen LogP contribution in [-0.2, 0) is 0 Å². The Morgan fingerprint density at radius 2 is 2.05 bits per heavy atom. The third-order valence-electron chi connectivity index (χ3n) is 2.62. The predicted molar refractivity (Wildman–Crippen MR) is 77.7 cm³/mol. The van der Waals surface area contributed by atoms with Crippen LogP contribution in [0.3, 0.4) is 0 Å². The molecule has 0 atom stereocenters. The monoisotopic (exact) mass is 260 g/mol. The van der Waals surface area contributed by atoms with Crippen molar-refractivity contribution in [3.63, 3.8) is 0 Å². The maximum atomic E-state index is 4.24. The van der Waals surface area contributed by atoms with Gasteiger partial charge in [0, 0.05) is 30.5 Å². The average molecular weight is 260 g/mol. The van der Waals surface area contributed by atoms with Crippen LogP contribution in [0, 0.1) is 0 Å². The van der Waals surface area contributed by atoms with Gasteiger partial charge < -0.3 is 20.9 Å². The summed E-state index contributed by atoms with van der Waals surface area (Å²) in [6, 6.07) is 3.84. The molecular formula is C13H20N6. The summed E-state index contributed by atoms with van der Waals surface area (Å²) in [5, 5.41) is 9.74. The zero-order valence-corrected chi connectivity index (χ0v) is 11.5. The van der Waals surface area contributed by atoms with Crippen molar-refractivity contribution in [2.45, 2.75) is 19.4 Å². The lowest BCUT2D eigenvalue weighted by atomic mass is 10.1. The molecule has 0 amide bonds. The van der Waals surface area contributed by atoms with Gasteiger partial charge in [-0.15, -0.1) is 0 Å². The highest BCUT2D eigenvalue weighted by Gasteiger charge is 2.16. The molecule has 6 heteroatoms. The Morgan fingerprint density at radius 1 is 1.26 bits per heavy atom. The van der Waals surface area contributed by atoms with Gasteiger partial charge in [-0.1, -0.05) is 0 Å². The van der Waals surface area contributed by atoms with E-state index in [0.717, 1.165) is 23.9 Å². The maximum Gasteiger partial charge on any atom is 0.135 e. The first-order valence-corrected chi connectivity index (χ1v) is 6.24. The number of nitrogens with one attached hydrogen (secondary N) is 4. The second-order valence-corrected chi connectivity index (χ2v) is 5.05. The number of likely N-dealkylation sites (N-methyl/N-ethyl adjacent to an activating group) is 1. The molecule has 0 saturated heterocycles. The smallest absolute Gasteiger partial charge is 0.135 e. The molecule has 6 nitrogen and oxygen atoms in total. The summed E-state index contributed by atoms with van der Waals surface area (Å²) in [4.78, 5) is 11.4. The first-order chi connectivity index (χ1) is 9.09. The highest BCUT2D eigenvalue weighted by atomic mass is 15.1. The van der Waals surface area contributed by atoms with E-state index in [-0.39, 0.29) is 5.54 Å². The van der Waals surface area contributed by atoms with Crippen LogP contribution in [0.25, 0.3) is 0 Å². The normalized spacial score (nSPS) is 11.3. The largest absolute Gasteiger partial charge is 0.366 e. The van der Waals surface area contributed by atoms with Crippen LogP contribution >= 0.6 is 0 Å². The van der Waals surface area contributed by atoms with Gasteiger partial charge in [0.15, 0.2) is 0 Å². The quantitative estimate of drug-likeness (QED) is 0.638. The van der Waals surface area contributed by atoms with E-state index in [1.165, 1.54) is 0 Å². The van der Waals surface area contributed by atoms with Crippen LogP contribution in [0.2, 0.25) is 0 Å². The molecule has 19 heavy (non-hydrogen) atoms. The minimum atomic E-state index is -0.0749. The lowest BCUT2D eigenvalue weighted by Gasteiger charge is -2.26. The van der Waals surface area contributed by atoms with Gasteiger partial charge >= 0.3 is 0 Å². The van der Waals surface area contributed by atoms with Gasteiger partial charge in [0.25, 0.3) is 0 Å². The maximum absolute atomic E-state index is 4.24. The summed E-state index contributed by atoms with van der Waals surface area (Å²) >= 11 is 0. The lowest BCUT2D eigenvalue weighted by Crippen LogP contribution is -2.40. The molecule has 0 aliphatic rings. The Morgan fingerprint density at radius 3 is 2.74 bits per heavy atom. The van der Waals surface area contributed by atoms with Crippen LogP contribution in [0.1, 0.15) is 13.8 Å². The van der Waals surface area contributed by atoms with Crippen molar-refractivity contribution in [2.75, 3.05) is 24.2 Å². The molecule has 0 unspecified atom stereocenters. The van der Waals surface area contributed by atoms with Crippen LogP contribution in [0.4, 0.5) is 17.3 Å². The van der Waals surface area contributed by atoms with Crippen molar-refractivity contribution in [2.24, 2.45) is 0 Å². The fourth-order valence-electron chi connectivity index (χ4n) is 1.88. The number of aromatic nitrogens is 3. The lowest BCUT2D eigenvalue weighted by molar-refractivity contribution is 0.528. The highest BCUT2D eigenvalue weighted by Crippen LogP contribution is 2.17. The van der Waals surface area contributed by atoms with Gasteiger partial charge in [0.05, 0.1) is 5.69 Å². The van der Waals surface area contributed by atoms with E-state index < -0.39 is 0 Å². The highest BCUT2D eigenvalue weighted by molar-refractivity contribution is 5.58. The summed E-state index contributed by atoms with van der Waals surface area (Å²) in [6.45, 7) is 5.08. The standard InChI is InChI=1S/C13H20N6/c1-13(2,8-14-3)19-12-6-11(16-9-17-12)18-10-4-5-15-7-10/h4-7,9,14-15H,8H2,1-3H3,(H2,16,17,18,19). The number of H-pyrrole nitrogens is 1. The van der Waals surface area contributed by atoms with Gasteiger partial charge in [-0.05, 0) is 27.0 Å². The number of nitrogens with zero attached hydrogens (tertiary/aromatic N) is 2. The Kier molecular flexibility index (Phi) is 4.01. The fourth-order valence-corrected chi connectivity index (χ4v) is 1.88. The van der Waals surface area contributed by atoms with Crippen molar-refractivity contribution < 1.29 is 0 Å².